The molecule has 1 aliphatic heterocycles. The number of nitrogens with zero attached hydrogens (tertiary/aromatic N) is 1. The number of benzene rings is 1. The van der Waals surface area contributed by atoms with Crippen LogP contribution in [0.1, 0.15) is 12.0 Å². The molecule has 0 aliphatic carbocycles. The van der Waals surface area contributed by atoms with Crippen molar-refractivity contribution < 1.29 is 8.42 Å². The summed E-state index contributed by atoms with van der Waals surface area (Å²) in [6, 6.07) is 4.97. The fourth-order valence-corrected chi connectivity index (χ4v) is 3.60. The minimum Gasteiger partial charge on any atom is -0.398 e. The average Bonchev–Trinajstić information content (AvgIpc) is 2.62. The third-order valence-corrected chi connectivity index (χ3v) is 4.76. The lowest BCUT2D eigenvalue weighted by Gasteiger charge is -2.14. The molecule has 0 radical (unpaired) electrons. The summed E-state index contributed by atoms with van der Waals surface area (Å²) < 4.78 is 27.1. The molecule has 0 amide bonds. The Labute approximate surface area is 108 Å². The predicted molar refractivity (Wildman–Crippen MR) is 71.8 cm³/mol. The molecule has 3 N–H and O–H groups in total. The molecule has 18 heavy (non-hydrogen) atoms. The number of anilines is 1. The fourth-order valence-electron chi connectivity index (χ4n) is 2.23. The molecule has 0 bridgehead atoms. The van der Waals surface area contributed by atoms with Crippen LogP contribution in [0, 0.1) is 6.92 Å². The van der Waals surface area contributed by atoms with Gasteiger partial charge < -0.3 is 10.6 Å². The largest absolute Gasteiger partial charge is 0.398 e. The molecule has 1 atom stereocenters. The molecule has 2 rings (SSSR count). The summed E-state index contributed by atoms with van der Waals surface area (Å²) in [5.74, 6) is 0. The van der Waals surface area contributed by atoms with Crippen molar-refractivity contribution in [3.63, 3.8) is 0 Å². The Morgan fingerprint density at radius 3 is 2.72 bits per heavy atom. The monoisotopic (exact) mass is 269 g/mol. The van der Waals surface area contributed by atoms with Gasteiger partial charge in [-0.15, -0.1) is 0 Å². The quantitative estimate of drug-likeness (QED) is 0.786. The van der Waals surface area contributed by atoms with Crippen molar-refractivity contribution in [3.05, 3.63) is 23.8 Å². The van der Waals surface area contributed by atoms with E-state index in [9.17, 15) is 8.42 Å². The Bertz CT molecular complexity index is 542. The van der Waals surface area contributed by atoms with E-state index in [0.717, 1.165) is 25.1 Å². The van der Waals surface area contributed by atoms with Gasteiger partial charge in [0, 0.05) is 12.6 Å². The first kappa shape index (κ1) is 13.3. The van der Waals surface area contributed by atoms with Crippen LogP contribution < -0.4 is 10.5 Å². The normalized spacial score (nSPS) is 21.3. The van der Waals surface area contributed by atoms with Crippen molar-refractivity contribution in [1.29, 1.82) is 0 Å². The molecule has 1 unspecified atom stereocenters. The van der Waals surface area contributed by atoms with E-state index in [2.05, 4.69) is 9.62 Å². The summed E-state index contributed by atoms with van der Waals surface area (Å²) in [6.07, 6.45) is 0.835. The molecule has 6 heteroatoms. The third kappa shape index (κ3) is 2.82. The van der Waals surface area contributed by atoms with Gasteiger partial charge >= 0.3 is 0 Å². The first-order valence-corrected chi connectivity index (χ1v) is 7.44. The molecule has 1 aromatic carbocycles. The summed E-state index contributed by atoms with van der Waals surface area (Å²) in [4.78, 5) is 2.27. The first-order valence-electron chi connectivity index (χ1n) is 5.95. The minimum absolute atomic E-state index is 0.0271. The fraction of sp³-hybridized carbons (Fsp3) is 0.500. The van der Waals surface area contributed by atoms with Gasteiger partial charge in [-0.25, -0.2) is 13.1 Å². The summed E-state index contributed by atoms with van der Waals surface area (Å²) in [6.45, 7) is 3.54. The Balaban J connectivity index is 2.20. The lowest BCUT2D eigenvalue weighted by Crippen LogP contribution is -2.36. The van der Waals surface area contributed by atoms with E-state index in [0.29, 0.717) is 5.69 Å². The minimum atomic E-state index is -3.52. The van der Waals surface area contributed by atoms with E-state index in [1.165, 1.54) is 0 Å². The number of likely N-dealkylation sites (N-methyl/N-ethyl adjacent to an activating group) is 1. The van der Waals surface area contributed by atoms with Gasteiger partial charge in [-0.2, -0.15) is 0 Å². The van der Waals surface area contributed by atoms with Crippen LogP contribution >= 0.6 is 0 Å². The highest BCUT2D eigenvalue weighted by Crippen LogP contribution is 2.20. The number of nitrogens with one attached hydrogen (secondary N) is 1. The van der Waals surface area contributed by atoms with Gasteiger partial charge in [0.1, 0.15) is 4.90 Å². The van der Waals surface area contributed by atoms with E-state index in [1.807, 2.05) is 14.0 Å². The molecule has 1 fully saturated rings. The lowest BCUT2D eigenvalue weighted by atomic mass is 10.2. The van der Waals surface area contributed by atoms with E-state index >= 15 is 0 Å². The second-order valence-corrected chi connectivity index (χ2v) is 6.59. The molecule has 0 spiro atoms. The van der Waals surface area contributed by atoms with Crippen molar-refractivity contribution in [2.45, 2.75) is 24.3 Å². The molecular weight excluding hydrogens is 250 g/mol. The molecule has 1 aliphatic rings. The smallest absolute Gasteiger partial charge is 0.242 e. The Hall–Kier alpha value is -1.11. The van der Waals surface area contributed by atoms with E-state index in [-0.39, 0.29) is 10.9 Å². The first-order chi connectivity index (χ1) is 8.38. The van der Waals surface area contributed by atoms with Crippen LogP contribution in [0.2, 0.25) is 0 Å². The van der Waals surface area contributed by atoms with Crippen molar-refractivity contribution >= 4 is 15.7 Å². The SMILES string of the molecule is Cc1ccc(S(=O)(=O)NC2CCN(C)C2)c(N)c1. The van der Waals surface area contributed by atoms with Crippen LogP contribution in [0.4, 0.5) is 5.69 Å². The molecule has 1 heterocycles. The Morgan fingerprint density at radius 1 is 1.44 bits per heavy atom. The van der Waals surface area contributed by atoms with E-state index in [4.69, 9.17) is 5.73 Å². The maximum atomic E-state index is 12.2. The highest BCUT2D eigenvalue weighted by atomic mass is 32.2. The van der Waals surface area contributed by atoms with Gasteiger partial charge in [0.2, 0.25) is 10.0 Å². The number of nitrogens with two attached hydrogens (primary N) is 1. The zero-order chi connectivity index (χ0) is 13.3. The van der Waals surface area contributed by atoms with Gasteiger partial charge in [-0.3, -0.25) is 0 Å². The molecule has 0 aromatic heterocycles. The molecule has 1 saturated heterocycles. The van der Waals surface area contributed by atoms with E-state index in [1.54, 1.807) is 18.2 Å². The number of hydrogen-bond acceptors (Lipinski definition) is 4. The molecule has 0 saturated carbocycles. The zero-order valence-corrected chi connectivity index (χ0v) is 11.5. The highest BCUT2D eigenvalue weighted by Gasteiger charge is 2.26. The van der Waals surface area contributed by atoms with Crippen molar-refractivity contribution in [2.24, 2.45) is 0 Å². The summed E-state index contributed by atoms with van der Waals surface area (Å²) in [5, 5.41) is 0. The maximum absolute atomic E-state index is 12.2. The van der Waals surface area contributed by atoms with Crippen molar-refractivity contribution in [2.75, 3.05) is 25.9 Å². The number of aryl methyl sites for hydroxylation is 1. The van der Waals surface area contributed by atoms with Gasteiger partial charge in [0.05, 0.1) is 5.69 Å². The second-order valence-electron chi connectivity index (χ2n) is 4.91. The van der Waals surface area contributed by atoms with Gasteiger partial charge in [0.15, 0.2) is 0 Å². The van der Waals surface area contributed by atoms with Crippen LogP contribution in [0.3, 0.4) is 0 Å². The summed E-state index contributed by atoms with van der Waals surface area (Å²) >= 11 is 0. The summed E-state index contributed by atoms with van der Waals surface area (Å²) in [5.41, 5.74) is 7.03. The standard InChI is InChI=1S/C12H19N3O2S/c1-9-3-4-12(11(13)7-9)18(16,17)14-10-5-6-15(2)8-10/h3-4,7,10,14H,5-6,8,13H2,1-2H3. The molecular formula is C12H19N3O2S. The Kier molecular flexibility index (Phi) is 3.61. The van der Waals surface area contributed by atoms with Crippen LogP contribution in [0.15, 0.2) is 23.1 Å². The van der Waals surface area contributed by atoms with Gasteiger partial charge in [-0.05, 0) is 44.6 Å². The second kappa shape index (κ2) is 4.87. The third-order valence-electron chi connectivity index (χ3n) is 3.17. The van der Waals surface area contributed by atoms with Crippen LogP contribution in [0.25, 0.3) is 0 Å². The maximum Gasteiger partial charge on any atom is 0.242 e. The Morgan fingerprint density at radius 2 is 2.17 bits per heavy atom. The lowest BCUT2D eigenvalue weighted by molar-refractivity contribution is 0.407. The topological polar surface area (TPSA) is 75.4 Å². The molecule has 5 nitrogen and oxygen atoms in total. The van der Waals surface area contributed by atoms with Gasteiger partial charge in [0.25, 0.3) is 0 Å². The summed E-state index contributed by atoms with van der Waals surface area (Å²) in [7, 11) is -1.54. The zero-order valence-electron chi connectivity index (χ0n) is 10.7. The van der Waals surface area contributed by atoms with Crippen molar-refractivity contribution in [3.8, 4) is 0 Å². The molecule has 100 valence electrons. The number of sulfonamides is 1. The number of likely N-dealkylation sites (tertiary alicyclic amines) is 1. The number of nitrogen functional groups attached to an aromatic ring is 1. The van der Waals surface area contributed by atoms with E-state index < -0.39 is 10.0 Å². The number of hydrogen-bond donors (Lipinski definition) is 2. The predicted octanol–water partition coefficient (Wildman–Crippen LogP) is 0.560. The van der Waals surface area contributed by atoms with Gasteiger partial charge in [-0.1, -0.05) is 6.07 Å². The van der Waals surface area contributed by atoms with Crippen LogP contribution in [0.5, 0.6) is 0 Å². The average molecular weight is 269 g/mol. The van der Waals surface area contributed by atoms with Crippen molar-refractivity contribution in [1.82, 2.24) is 9.62 Å². The van der Waals surface area contributed by atoms with Crippen LogP contribution in [-0.4, -0.2) is 39.5 Å². The highest BCUT2D eigenvalue weighted by molar-refractivity contribution is 7.89. The molecule has 1 aromatic rings. The number of rotatable bonds is 3. The van der Waals surface area contributed by atoms with Crippen LogP contribution in [-0.2, 0) is 10.0 Å².